The first kappa shape index (κ1) is 14.5. The van der Waals surface area contributed by atoms with Crippen molar-refractivity contribution in [3.63, 3.8) is 0 Å². The average Bonchev–Trinajstić information content (AvgIpc) is 2.91. The Kier molecular flexibility index (Phi) is 4.24. The van der Waals surface area contributed by atoms with Crippen LogP contribution in [0.1, 0.15) is 5.56 Å². The number of hydrogen-bond donors (Lipinski definition) is 1. The average molecular weight is 409 g/mol. The third-order valence-corrected chi connectivity index (χ3v) is 4.58. The number of hydrogen-bond acceptors (Lipinski definition) is 3. The van der Waals surface area contributed by atoms with Gasteiger partial charge in [0.2, 0.25) is 0 Å². The van der Waals surface area contributed by atoms with Crippen LogP contribution in [0.3, 0.4) is 0 Å². The minimum Gasteiger partial charge on any atom is -0.391 e. The van der Waals surface area contributed by atoms with E-state index in [4.69, 9.17) is 4.52 Å². The second kappa shape index (κ2) is 6.13. The summed E-state index contributed by atoms with van der Waals surface area (Å²) in [5.41, 5.74) is 3.08. The van der Waals surface area contributed by atoms with Gasteiger partial charge < -0.3 is 9.63 Å². The molecule has 0 amide bonds. The Morgan fingerprint density at radius 1 is 0.905 bits per heavy atom. The van der Waals surface area contributed by atoms with Gasteiger partial charge >= 0.3 is 0 Å². The lowest BCUT2D eigenvalue weighted by Crippen LogP contribution is -1.90. The van der Waals surface area contributed by atoms with Crippen LogP contribution in [0, 0.1) is 0 Å². The van der Waals surface area contributed by atoms with Crippen LogP contribution >= 0.6 is 31.9 Å². The zero-order chi connectivity index (χ0) is 14.8. The summed E-state index contributed by atoms with van der Waals surface area (Å²) in [5.74, 6) is 0.579. The summed E-state index contributed by atoms with van der Waals surface area (Å²) in [6.07, 6.45) is 0. The quantitative estimate of drug-likeness (QED) is 0.661. The smallest absolute Gasteiger partial charge is 0.174 e. The third kappa shape index (κ3) is 2.69. The van der Waals surface area contributed by atoms with Gasteiger partial charge in [-0.05, 0) is 18.2 Å². The fourth-order valence-corrected chi connectivity index (χ4v) is 3.12. The molecular formula is C16H11Br2NO2. The highest BCUT2D eigenvalue weighted by Crippen LogP contribution is 2.37. The normalized spacial score (nSPS) is 10.8. The van der Waals surface area contributed by atoms with E-state index in [2.05, 4.69) is 37.0 Å². The fourth-order valence-electron chi connectivity index (χ4n) is 2.18. The Labute approximate surface area is 138 Å². The monoisotopic (exact) mass is 407 g/mol. The van der Waals surface area contributed by atoms with Crippen LogP contribution in [-0.4, -0.2) is 10.3 Å². The number of halogens is 2. The summed E-state index contributed by atoms with van der Waals surface area (Å²) in [6, 6.07) is 15.4. The first-order valence-corrected chi connectivity index (χ1v) is 7.90. The second-order valence-corrected chi connectivity index (χ2v) is 6.17. The van der Waals surface area contributed by atoms with E-state index in [0.717, 1.165) is 20.1 Å². The highest BCUT2D eigenvalue weighted by atomic mass is 79.9. The molecule has 3 nitrogen and oxygen atoms in total. The van der Waals surface area contributed by atoms with Gasteiger partial charge in [0, 0.05) is 20.1 Å². The first-order chi connectivity index (χ1) is 10.2. The maximum atomic E-state index is 9.76. The Morgan fingerprint density at radius 2 is 1.48 bits per heavy atom. The number of rotatable bonds is 3. The molecule has 0 fully saturated rings. The molecule has 0 bridgehead atoms. The van der Waals surface area contributed by atoms with E-state index >= 15 is 0 Å². The molecule has 3 rings (SSSR count). The number of aliphatic hydroxyl groups is 1. The van der Waals surface area contributed by atoms with Crippen LogP contribution in [0.4, 0.5) is 0 Å². The van der Waals surface area contributed by atoms with Crippen molar-refractivity contribution in [2.24, 2.45) is 0 Å². The minimum atomic E-state index is -0.142. The van der Waals surface area contributed by atoms with Crippen molar-refractivity contribution in [1.82, 2.24) is 5.16 Å². The van der Waals surface area contributed by atoms with Crippen LogP contribution in [0.15, 0.2) is 62.0 Å². The molecule has 1 heterocycles. The summed E-state index contributed by atoms with van der Waals surface area (Å²) in [7, 11) is 0. The molecule has 0 aliphatic rings. The van der Waals surface area contributed by atoms with Crippen molar-refractivity contribution < 1.29 is 9.63 Å². The van der Waals surface area contributed by atoms with Gasteiger partial charge in [-0.1, -0.05) is 67.3 Å². The van der Waals surface area contributed by atoms with E-state index in [1.807, 2.05) is 48.5 Å². The lowest BCUT2D eigenvalue weighted by Gasteiger charge is -2.04. The van der Waals surface area contributed by atoms with E-state index in [1.165, 1.54) is 0 Å². The molecule has 0 radical (unpaired) electrons. The molecule has 0 aliphatic carbocycles. The molecule has 0 saturated heterocycles. The molecule has 0 aliphatic heterocycles. The molecule has 2 aromatic carbocycles. The van der Waals surface area contributed by atoms with Crippen LogP contribution in [0.25, 0.3) is 22.6 Å². The van der Waals surface area contributed by atoms with Crippen molar-refractivity contribution in [1.29, 1.82) is 0 Å². The lowest BCUT2D eigenvalue weighted by molar-refractivity contribution is 0.281. The molecule has 3 aromatic rings. The van der Waals surface area contributed by atoms with Gasteiger partial charge in [0.05, 0.1) is 12.2 Å². The third-order valence-electron chi connectivity index (χ3n) is 3.19. The van der Waals surface area contributed by atoms with Gasteiger partial charge in [0.25, 0.3) is 0 Å². The van der Waals surface area contributed by atoms with Gasteiger partial charge in [0.1, 0.15) is 5.69 Å². The molecule has 1 N–H and O–H groups in total. The molecule has 21 heavy (non-hydrogen) atoms. The van der Waals surface area contributed by atoms with E-state index < -0.39 is 0 Å². The zero-order valence-electron chi connectivity index (χ0n) is 10.9. The number of aromatic nitrogens is 1. The lowest BCUT2D eigenvalue weighted by atomic mass is 10.0. The Hall–Kier alpha value is -1.43. The summed E-state index contributed by atoms with van der Waals surface area (Å²) in [4.78, 5) is 0. The van der Waals surface area contributed by atoms with Crippen LogP contribution in [0.5, 0.6) is 0 Å². The zero-order valence-corrected chi connectivity index (χ0v) is 14.1. The molecule has 0 saturated carbocycles. The van der Waals surface area contributed by atoms with Gasteiger partial charge in [-0.2, -0.15) is 0 Å². The summed E-state index contributed by atoms with van der Waals surface area (Å²) in [6.45, 7) is -0.142. The summed E-state index contributed by atoms with van der Waals surface area (Å²) in [5, 5.41) is 13.9. The van der Waals surface area contributed by atoms with E-state index in [1.54, 1.807) is 0 Å². The predicted octanol–water partition coefficient (Wildman–Crippen LogP) is 5.03. The predicted molar refractivity (Wildman–Crippen MR) is 88.7 cm³/mol. The minimum absolute atomic E-state index is 0.142. The number of aliphatic hydroxyl groups excluding tert-OH is 1. The largest absolute Gasteiger partial charge is 0.391 e. The topological polar surface area (TPSA) is 46.3 Å². The van der Waals surface area contributed by atoms with Crippen molar-refractivity contribution in [2.45, 2.75) is 6.61 Å². The van der Waals surface area contributed by atoms with Crippen molar-refractivity contribution in [2.75, 3.05) is 0 Å². The van der Waals surface area contributed by atoms with Gasteiger partial charge in [0.15, 0.2) is 5.76 Å². The highest BCUT2D eigenvalue weighted by molar-refractivity contribution is 9.11. The van der Waals surface area contributed by atoms with Crippen LogP contribution < -0.4 is 0 Å². The van der Waals surface area contributed by atoms with Crippen LogP contribution in [-0.2, 0) is 6.61 Å². The van der Waals surface area contributed by atoms with Gasteiger partial charge in [-0.15, -0.1) is 0 Å². The molecule has 1 aromatic heterocycles. The van der Waals surface area contributed by atoms with Crippen molar-refractivity contribution in [3.8, 4) is 22.6 Å². The van der Waals surface area contributed by atoms with Gasteiger partial charge in [-0.25, -0.2) is 0 Å². The Balaban J connectivity index is 2.19. The standard InChI is InChI=1S/C16H11Br2NO2/c17-13-7-3-1-5-10(13)15-12(9-20)16(21-19-15)11-6-2-4-8-14(11)18/h1-8,20H,9H2. The number of nitrogens with zero attached hydrogens (tertiary/aromatic N) is 1. The van der Waals surface area contributed by atoms with E-state index in [9.17, 15) is 5.11 Å². The molecular weight excluding hydrogens is 398 g/mol. The van der Waals surface area contributed by atoms with E-state index in [0.29, 0.717) is 17.0 Å². The fraction of sp³-hybridized carbons (Fsp3) is 0.0625. The summed E-state index contributed by atoms with van der Waals surface area (Å²) < 4.78 is 7.31. The summed E-state index contributed by atoms with van der Waals surface area (Å²) >= 11 is 7.00. The maximum absolute atomic E-state index is 9.76. The van der Waals surface area contributed by atoms with Crippen LogP contribution in [0.2, 0.25) is 0 Å². The first-order valence-electron chi connectivity index (χ1n) is 6.31. The van der Waals surface area contributed by atoms with E-state index in [-0.39, 0.29) is 6.61 Å². The van der Waals surface area contributed by atoms with Gasteiger partial charge in [-0.3, -0.25) is 0 Å². The Bertz CT molecular complexity index is 720. The number of benzene rings is 2. The highest BCUT2D eigenvalue weighted by Gasteiger charge is 2.20. The SMILES string of the molecule is OCc1c(-c2ccccc2Br)noc1-c1ccccc1Br. The Morgan fingerprint density at radius 3 is 2.05 bits per heavy atom. The van der Waals surface area contributed by atoms with Crippen molar-refractivity contribution in [3.05, 3.63) is 63.0 Å². The molecule has 0 unspecified atom stereocenters. The molecule has 0 spiro atoms. The molecule has 106 valence electrons. The molecule has 0 atom stereocenters. The second-order valence-electron chi connectivity index (χ2n) is 4.46. The maximum Gasteiger partial charge on any atom is 0.174 e. The van der Waals surface area contributed by atoms with Crippen molar-refractivity contribution >= 4 is 31.9 Å². The molecule has 5 heteroatoms.